The number of likely N-dealkylation sites (N-methyl/N-ethyl adjacent to an activating group) is 1. The monoisotopic (exact) mass is 273 g/mol. The summed E-state index contributed by atoms with van der Waals surface area (Å²) in [7, 11) is 5.47. The molecule has 1 atom stereocenters. The van der Waals surface area contributed by atoms with Crippen LogP contribution in [0.15, 0.2) is 24.3 Å². The van der Waals surface area contributed by atoms with Gasteiger partial charge in [0.05, 0.1) is 12.7 Å². The van der Waals surface area contributed by atoms with Crippen LogP contribution in [0.2, 0.25) is 0 Å². The lowest BCUT2D eigenvalue weighted by Crippen LogP contribution is -2.28. The van der Waals surface area contributed by atoms with Gasteiger partial charge in [0.15, 0.2) is 0 Å². The van der Waals surface area contributed by atoms with Gasteiger partial charge in [-0.15, -0.1) is 12.4 Å². The van der Waals surface area contributed by atoms with Gasteiger partial charge in [-0.1, -0.05) is 0 Å². The molecule has 0 spiro atoms. The molecule has 0 N–H and O–H groups in total. The van der Waals surface area contributed by atoms with E-state index < -0.39 is 0 Å². The number of hydrogen-bond donors (Lipinski definition) is 0. The van der Waals surface area contributed by atoms with Crippen molar-refractivity contribution in [2.24, 2.45) is 0 Å². The number of carbonyl (C=O) groups is 1. The van der Waals surface area contributed by atoms with Crippen LogP contribution in [-0.4, -0.2) is 44.7 Å². The maximum atomic E-state index is 11.8. The fraction of sp³-hybridized carbons (Fsp3) is 0.462. The number of halogens is 1. The van der Waals surface area contributed by atoms with Crippen molar-refractivity contribution in [1.29, 1.82) is 0 Å². The summed E-state index contributed by atoms with van der Waals surface area (Å²) in [5, 5.41) is 0. The first-order valence-electron chi connectivity index (χ1n) is 5.52. The van der Waals surface area contributed by atoms with Crippen LogP contribution in [0.3, 0.4) is 0 Å². The number of nitrogens with zero attached hydrogens (tertiary/aromatic N) is 1. The molecule has 1 rings (SSSR count). The smallest absolute Gasteiger partial charge is 0.338 e. The Hall–Kier alpha value is -1.26. The molecule has 5 heteroatoms. The van der Waals surface area contributed by atoms with Gasteiger partial charge >= 0.3 is 5.97 Å². The second-order valence-electron chi connectivity index (χ2n) is 4.21. The number of benzene rings is 1. The minimum atomic E-state index is -0.304. The first-order valence-corrected chi connectivity index (χ1v) is 5.52. The van der Waals surface area contributed by atoms with Gasteiger partial charge in [0.1, 0.15) is 11.9 Å². The zero-order valence-corrected chi connectivity index (χ0v) is 12.0. The molecular formula is C13H20ClNO3. The third-order valence-electron chi connectivity index (χ3n) is 2.26. The zero-order valence-electron chi connectivity index (χ0n) is 11.2. The van der Waals surface area contributed by atoms with Crippen molar-refractivity contribution < 1.29 is 14.3 Å². The quantitative estimate of drug-likeness (QED) is 0.771. The largest absolute Gasteiger partial charge is 0.497 e. The fourth-order valence-corrected chi connectivity index (χ4v) is 1.53. The Bertz CT molecular complexity index is 365. The second kappa shape index (κ2) is 7.95. The normalized spacial score (nSPS) is 11.6. The zero-order chi connectivity index (χ0) is 12.8. The summed E-state index contributed by atoms with van der Waals surface area (Å²) < 4.78 is 10.3. The molecule has 1 aromatic carbocycles. The van der Waals surface area contributed by atoms with Gasteiger partial charge in [0.2, 0.25) is 0 Å². The van der Waals surface area contributed by atoms with Crippen LogP contribution < -0.4 is 4.74 Å². The van der Waals surface area contributed by atoms with E-state index in [0.717, 1.165) is 5.75 Å². The van der Waals surface area contributed by atoms with Crippen molar-refractivity contribution in [1.82, 2.24) is 4.90 Å². The summed E-state index contributed by atoms with van der Waals surface area (Å²) in [4.78, 5) is 13.7. The summed E-state index contributed by atoms with van der Waals surface area (Å²) >= 11 is 0. The highest BCUT2D eigenvalue weighted by molar-refractivity contribution is 5.89. The number of esters is 1. The van der Waals surface area contributed by atoms with E-state index in [1.807, 2.05) is 25.9 Å². The van der Waals surface area contributed by atoms with E-state index in [1.54, 1.807) is 31.4 Å². The number of hydrogen-bond acceptors (Lipinski definition) is 4. The average Bonchev–Trinajstić information content (AvgIpc) is 2.28. The Morgan fingerprint density at radius 3 is 2.28 bits per heavy atom. The van der Waals surface area contributed by atoms with Crippen molar-refractivity contribution in [3.05, 3.63) is 29.8 Å². The van der Waals surface area contributed by atoms with E-state index >= 15 is 0 Å². The molecule has 0 saturated heterocycles. The Balaban J connectivity index is 0.00000289. The van der Waals surface area contributed by atoms with Crippen LogP contribution in [0, 0.1) is 0 Å². The number of ether oxygens (including phenoxy) is 2. The van der Waals surface area contributed by atoms with Crippen molar-refractivity contribution in [2.75, 3.05) is 27.7 Å². The van der Waals surface area contributed by atoms with Crippen LogP contribution in [-0.2, 0) is 4.74 Å². The molecule has 0 saturated carbocycles. The standard InChI is InChI=1S/C13H19NO3.ClH/c1-10(9-14(2)3)17-13(15)11-5-7-12(16-4)8-6-11;/h5-8,10H,9H2,1-4H3;1H. The molecule has 1 aromatic rings. The molecule has 0 aromatic heterocycles. The molecule has 0 aliphatic carbocycles. The third-order valence-corrected chi connectivity index (χ3v) is 2.26. The highest BCUT2D eigenvalue weighted by Gasteiger charge is 2.12. The molecule has 0 heterocycles. The lowest BCUT2D eigenvalue weighted by Gasteiger charge is -2.17. The summed E-state index contributed by atoms with van der Waals surface area (Å²) in [6.07, 6.45) is -0.125. The van der Waals surface area contributed by atoms with E-state index in [-0.39, 0.29) is 24.5 Å². The molecule has 1 unspecified atom stereocenters. The molecule has 18 heavy (non-hydrogen) atoms. The second-order valence-corrected chi connectivity index (χ2v) is 4.21. The lowest BCUT2D eigenvalue weighted by molar-refractivity contribution is 0.0289. The Morgan fingerprint density at radius 1 is 1.28 bits per heavy atom. The van der Waals surface area contributed by atoms with Crippen molar-refractivity contribution >= 4 is 18.4 Å². The first-order chi connectivity index (χ1) is 8.02. The predicted octanol–water partition coefficient (Wildman–Crippen LogP) is 2.22. The van der Waals surface area contributed by atoms with Crippen LogP contribution in [0.4, 0.5) is 0 Å². The average molecular weight is 274 g/mol. The van der Waals surface area contributed by atoms with E-state index in [1.165, 1.54) is 0 Å². The minimum absolute atomic E-state index is 0. The lowest BCUT2D eigenvalue weighted by atomic mass is 10.2. The molecule has 0 fully saturated rings. The molecular weight excluding hydrogens is 254 g/mol. The predicted molar refractivity (Wildman–Crippen MR) is 73.7 cm³/mol. The summed E-state index contributed by atoms with van der Waals surface area (Å²) in [6.45, 7) is 2.59. The summed E-state index contributed by atoms with van der Waals surface area (Å²) in [5.41, 5.74) is 0.538. The minimum Gasteiger partial charge on any atom is -0.497 e. The van der Waals surface area contributed by atoms with Crippen LogP contribution in [0.25, 0.3) is 0 Å². The van der Waals surface area contributed by atoms with Gasteiger partial charge in [-0.3, -0.25) is 0 Å². The topological polar surface area (TPSA) is 38.8 Å². The maximum Gasteiger partial charge on any atom is 0.338 e. The van der Waals surface area contributed by atoms with E-state index in [2.05, 4.69) is 0 Å². The van der Waals surface area contributed by atoms with Crippen molar-refractivity contribution in [3.8, 4) is 5.75 Å². The third kappa shape index (κ3) is 5.38. The summed E-state index contributed by atoms with van der Waals surface area (Å²) in [6, 6.07) is 6.88. The maximum absolute atomic E-state index is 11.8. The van der Waals surface area contributed by atoms with Gasteiger partial charge < -0.3 is 14.4 Å². The van der Waals surface area contributed by atoms with Gasteiger partial charge in [-0.25, -0.2) is 4.79 Å². The van der Waals surface area contributed by atoms with Crippen LogP contribution in [0.1, 0.15) is 17.3 Å². The number of carbonyl (C=O) groups excluding carboxylic acids is 1. The molecule has 102 valence electrons. The van der Waals surface area contributed by atoms with E-state index in [9.17, 15) is 4.79 Å². The molecule has 0 amide bonds. The van der Waals surface area contributed by atoms with Crippen LogP contribution >= 0.6 is 12.4 Å². The molecule has 0 radical (unpaired) electrons. The molecule has 0 bridgehead atoms. The van der Waals surface area contributed by atoms with Crippen molar-refractivity contribution in [3.63, 3.8) is 0 Å². The molecule has 0 aliphatic heterocycles. The highest BCUT2D eigenvalue weighted by atomic mass is 35.5. The first kappa shape index (κ1) is 16.7. The number of rotatable bonds is 5. The summed E-state index contributed by atoms with van der Waals surface area (Å²) in [5.74, 6) is 0.421. The molecule has 0 aliphatic rings. The SMILES string of the molecule is COc1ccc(C(=O)OC(C)CN(C)C)cc1.Cl. The van der Waals surface area contributed by atoms with Crippen LogP contribution in [0.5, 0.6) is 5.75 Å². The Kier molecular flexibility index (Phi) is 7.39. The van der Waals surface area contributed by atoms with Gasteiger partial charge in [-0.05, 0) is 45.3 Å². The fourth-order valence-electron chi connectivity index (χ4n) is 1.53. The highest BCUT2D eigenvalue weighted by Crippen LogP contribution is 2.12. The van der Waals surface area contributed by atoms with Gasteiger partial charge in [0.25, 0.3) is 0 Å². The van der Waals surface area contributed by atoms with Crippen molar-refractivity contribution in [2.45, 2.75) is 13.0 Å². The van der Waals surface area contributed by atoms with E-state index in [0.29, 0.717) is 12.1 Å². The van der Waals surface area contributed by atoms with Gasteiger partial charge in [0, 0.05) is 6.54 Å². The molecule has 4 nitrogen and oxygen atoms in total. The van der Waals surface area contributed by atoms with E-state index in [4.69, 9.17) is 9.47 Å². The Morgan fingerprint density at radius 2 is 1.83 bits per heavy atom. The number of methoxy groups -OCH3 is 1. The van der Waals surface area contributed by atoms with Gasteiger partial charge in [-0.2, -0.15) is 0 Å². The Labute approximate surface area is 114 Å².